The minimum absolute atomic E-state index is 0.00132. The molecule has 0 bridgehead atoms. The number of phenolic OH excluding ortho intramolecular Hbond substituents is 2. The van der Waals surface area contributed by atoms with E-state index in [9.17, 15) is 19.8 Å². The third-order valence-electron chi connectivity index (χ3n) is 6.71. The SMILES string of the molecule is C/C=C(/Cl)Cc1cc(OC(=O)C(C)(C)C)cc(OC(=O)C(C)(C)C)c1.COc1cc(C/C=C(/Cl)Cc2cc(O)cc(O)c2)c(OC)cc1Cl. The van der Waals surface area contributed by atoms with Crippen LogP contribution in [0, 0.1) is 10.8 Å². The lowest BCUT2D eigenvalue weighted by atomic mass is 9.97. The fraction of sp³-hybridized carbons (Fsp3) is 0.368. The van der Waals surface area contributed by atoms with Gasteiger partial charge < -0.3 is 29.2 Å². The lowest BCUT2D eigenvalue weighted by Crippen LogP contribution is -2.26. The van der Waals surface area contributed by atoms with Gasteiger partial charge >= 0.3 is 11.9 Å². The van der Waals surface area contributed by atoms with E-state index in [-0.39, 0.29) is 23.4 Å². The molecule has 0 amide bonds. The van der Waals surface area contributed by atoms with Crippen molar-refractivity contribution in [1.29, 1.82) is 0 Å². The van der Waals surface area contributed by atoms with Gasteiger partial charge in [0.15, 0.2) is 0 Å². The molecule has 0 heterocycles. The highest BCUT2D eigenvalue weighted by molar-refractivity contribution is 6.32. The Morgan fingerprint density at radius 3 is 1.61 bits per heavy atom. The minimum atomic E-state index is -0.640. The number of carbonyl (C=O) groups is 2. The predicted molar refractivity (Wildman–Crippen MR) is 196 cm³/mol. The summed E-state index contributed by atoms with van der Waals surface area (Å²) in [5.74, 6) is 1.14. The number of esters is 2. The molecule has 0 radical (unpaired) electrons. The maximum absolute atomic E-state index is 12.1. The van der Waals surface area contributed by atoms with Crippen molar-refractivity contribution in [2.75, 3.05) is 14.2 Å². The van der Waals surface area contributed by atoms with Gasteiger partial charge in [0, 0.05) is 46.7 Å². The van der Waals surface area contributed by atoms with E-state index in [0.717, 1.165) is 16.7 Å². The first-order chi connectivity index (χ1) is 22.7. The Balaban J connectivity index is 0.000000340. The molecule has 0 unspecified atom stereocenters. The van der Waals surface area contributed by atoms with Crippen LogP contribution in [0.15, 0.2) is 70.7 Å². The topological polar surface area (TPSA) is 112 Å². The molecule has 2 N–H and O–H groups in total. The number of benzene rings is 3. The average molecular weight is 736 g/mol. The quantitative estimate of drug-likeness (QED) is 0.156. The maximum atomic E-state index is 12.1. The molecule has 0 aliphatic rings. The molecule has 0 atom stereocenters. The number of allylic oxidation sites excluding steroid dienone is 4. The highest BCUT2D eigenvalue weighted by atomic mass is 35.5. The zero-order chi connectivity index (χ0) is 37.1. The molecule has 0 aromatic heterocycles. The van der Waals surface area contributed by atoms with E-state index >= 15 is 0 Å². The second-order valence-electron chi connectivity index (χ2n) is 13.2. The number of halogens is 3. The van der Waals surface area contributed by atoms with Gasteiger partial charge in [-0.25, -0.2) is 0 Å². The highest BCUT2D eigenvalue weighted by Crippen LogP contribution is 2.34. The number of hydrogen-bond acceptors (Lipinski definition) is 8. The average Bonchev–Trinajstić information content (AvgIpc) is 2.98. The van der Waals surface area contributed by atoms with E-state index in [1.54, 1.807) is 98.2 Å². The van der Waals surface area contributed by atoms with Crippen molar-refractivity contribution in [3.05, 3.63) is 92.5 Å². The number of methoxy groups -OCH3 is 2. The Kier molecular flexibility index (Phi) is 15.4. The Morgan fingerprint density at radius 1 is 0.694 bits per heavy atom. The molecule has 8 nitrogen and oxygen atoms in total. The van der Waals surface area contributed by atoms with Gasteiger partial charge in [0.1, 0.15) is 34.5 Å². The van der Waals surface area contributed by atoms with Crippen LogP contribution in [0.3, 0.4) is 0 Å². The van der Waals surface area contributed by atoms with Crippen molar-refractivity contribution in [2.45, 2.75) is 67.7 Å². The molecule has 0 fully saturated rings. The lowest BCUT2D eigenvalue weighted by molar-refractivity contribution is -0.143. The van der Waals surface area contributed by atoms with Crippen LogP contribution in [-0.4, -0.2) is 36.4 Å². The molecule has 49 heavy (non-hydrogen) atoms. The van der Waals surface area contributed by atoms with Crippen molar-refractivity contribution in [3.63, 3.8) is 0 Å². The number of rotatable bonds is 10. The van der Waals surface area contributed by atoms with Crippen molar-refractivity contribution < 1.29 is 38.7 Å². The predicted octanol–water partition coefficient (Wildman–Crippen LogP) is 9.95. The standard InChI is InChI=1S/C20H27ClO4.C18H18Cl2O4/c1-8-14(21)9-13-10-15(24-17(22)19(2,3)4)12-16(11-13)25-18(23)20(5,6)7;1-23-17-10-16(20)18(24-2)8-12(17)3-4-13(19)5-11-6-14(21)9-15(22)7-11/h8,10-12H,9H2,1-7H3;4,6-10,21-22H,3,5H2,1-2H3/b14-8+;13-4+. The van der Waals surface area contributed by atoms with E-state index < -0.39 is 10.8 Å². The molecule has 266 valence electrons. The number of hydrogen-bond donors (Lipinski definition) is 2. The van der Waals surface area contributed by atoms with E-state index in [4.69, 9.17) is 53.8 Å². The van der Waals surface area contributed by atoms with Crippen LogP contribution in [-0.2, 0) is 28.9 Å². The third-order valence-corrected chi connectivity index (χ3v) is 7.64. The zero-order valence-electron chi connectivity index (χ0n) is 29.4. The summed E-state index contributed by atoms with van der Waals surface area (Å²) in [5, 5.41) is 20.7. The normalized spacial score (nSPS) is 12.1. The molecule has 0 aliphatic heterocycles. The van der Waals surface area contributed by atoms with E-state index in [1.165, 1.54) is 6.07 Å². The molecule has 3 rings (SSSR count). The van der Waals surface area contributed by atoms with Crippen molar-refractivity contribution in [2.24, 2.45) is 10.8 Å². The van der Waals surface area contributed by atoms with Gasteiger partial charge in [-0.05, 0) is 96.3 Å². The van der Waals surface area contributed by atoms with Gasteiger partial charge in [0.2, 0.25) is 0 Å². The summed E-state index contributed by atoms with van der Waals surface area (Å²) >= 11 is 18.5. The van der Waals surface area contributed by atoms with Gasteiger partial charge in [-0.1, -0.05) is 47.0 Å². The fourth-order valence-corrected chi connectivity index (χ4v) is 4.61. The first kappa shape index (κ1) is 41.3. The van der Waals surface area contributed by atoms with Crippen LogP contribution >= 0.6 is 34.8 Å². The number of aromatic hydroxyl groups is 2. The Labute approximate surface area is 304 Å². The largest absolute Gasteiger partial charge is 0.508 e. The van der Waals surface area contributed by atoms with Gasteiger partial charge in [0.25, 0.3) is 0 Å². The Bertz CT molecular complexity index is 1610. The molecular weight excluding hydrogens is 691 g/mol. The highest BCUT2D eigenvalue weighted by Gasteiger charge is 2.26. The van der Waals surface area contributed by atoms with Crippen molar-refractivity contribution in [1.82, 2.24) is 0 Å². The summed E-state index contributed by atoms with van der Waals surface area (Å²) in [6.45, 7) is 12.5. The molecule has 11 heteroatoms. The van der Waals surface area contributed by atoms with Crippen molar-refractivity contribution in [3.8, 4) is 34.5 Å². The van der Waals surface area contributed by atoms with E-state index in [1.807, 2.05) is 19.1 Å². The summed E-state index contributed by atoms with van der Waals surface area (Å²) in [4.78, 5) is 24.3. The lowest BCUT2D eigenvalue weighted by Gasteiger charge is -2.19. The molecule has 0 saturated carbocycles. The van der Waals surface area contributed by atoms with Crippen LogP contribution in [0.1, 0.15) is 65.2 Å². The molecule has 0 spiro atoms. The van der Waals surface area contributed by atoms with Crippen LogP contribution in [0.2, 0.25) is 5.02 Å². The van der Waals surface area contributed by atoms with Crippen LogP contribution in [0.5, 0.6) is 34.5 Å². The van der Waals surface area contributed by atoms with Crippen LogP contribution in [0.4, 0.5) is 0 Å². The van der Waals surface area contributed by atoms with Crippen LogP contribution in [0.25, 0.3) is 0 Å². The Hall–Kier alpha value is -3.85. The third kappa shape index (κ3) is 13.9. The molecule has 3 aromatic rings. The molecule has 0 saturated heterocycles. The number of phenols is 2. The summed E-state index contributed by atoms with van der Waals surface area (Å²) in [7, 11) is 3.12. The first-order valence-corrected chi connectivity index (χ1v) is 16.5. The van der Waals surface area contributed by atoms with Gasteiger partial charge in [0.05, 0.1) is 30.1 Å². The molecule has 0 aliphatic carbocycles. The summed E-state index contributed by atoms with van der Waals surface area (Å²) < 4.78 is 21.4. The smallest absolute Gasteiger partial charge is 0.316 e. The number of carbonyl (C=O) groups excluding carboxylic acids is 2. The second-order valence-corrected chi connectivity index (χ2v) is 14.6. The monoisotopic (exact) mass is 734 g/mol. The van der Waals surface area contributed by atoms with E-state index in [0.29, 0.717) is 57.3 Å². The fourth-order valence-electron chi connectivity index (χ4n) is 4.00. The minimum Gasteiger partial charge on any atom is -0.508 e. The van der Waals surface area contributed by atoms with Crippen molar-refractivity contribution >= 4 is 46.7 Å². The summed E-state index contributed by atoms with van der Waals surface area (Å²) in [6.07, 6.45) is 5.01. The molecule has 3 aromatic carbocycles. The van der Waals surface area contributed by atoms with Gasteiger partial charge in [-0.2, -0.15) is 0 Å². The second kappa shape index (κ2) is 18.2. The zero-order valence-corrected chi connectivity index (χ0v) is 31.6. The van der Waals surface area contributed by atoms with E-state index in [2.05, 4.69) is 0 Å². The Morgan fingerprint density at radius 2 is 1.16 bits per heavy atom. The maximum Gasteiger partial charge on any atom is 0.316 e. The summed E-state index contributed by atoms with van der Waals surface area (Å²) in [6, 6.07) is 12.9. The molecular formula is C38H45Cl3O8. The summed E-state index contributed by atoms with van der Waals surface area (Å²) in [5.41, 5.74) is 1.11. The first-order valence-electron chi connectivity index (χ1n) is 15.4. The van der Waals surface area contributed by atoms with Crippen LogP contribution < -0.4 is 18.9 Å². The number of ether oxygens (including phenoxy) is 4. The van der Waals surface area contributed by atoms with Gasteiger partial charge in [-0.15, -0.1) is 0 Å². The van der Waals surface area contributed by atoms with Gasteiger partial charge in [-0.3, -0.25) is 9.59 Å².